The molecule has 18 heavy (non-hydrogen) atoms. The second kappa shape index (κ2) is 10.5. The van der Waals surface area contributed by atoms with E-state index in [2.05, 4.69) is 67.2 Å². The zero-order chi connectivity index (χ0) is 13.8. The molecule has 1 aliphatic heterocycles. The molecule has 2 rings (SSSR count). The average molecular weight is 244 g/mol. The maximum Gasteiger partial charge on any atom is 0.0140 e. The van der Waals surface area contributed by atoms with E-state index in [9.17, 15) is 0 Å². The van der Waals surface area contributed by atoms with Gasteiger partial charge in [-0.15, -0.1) is 5.73 Å². The summed E-state index contributed by atoms with van der Waals surface area (Å²) in [5.41, 5.74) is 10.9. The van der Waals surface area contributed by atoms with Crippen molar-refractivity contribution in [2.24, 2.45) is 5.73 Å². The third-order valence-electron chi connectivity index (χ3n) is 2.49. The molecule has 1 aromatic carbocycles. The third-order valence-corrected chi connectivity index (χ3v) is 2.49. The van der Waals surface area contributed by atoms with E-state index in [1.807, 2.05) is 0 Å². The summed E-state index contributed by atoms with van der Waals surface area (Å²) < 4.78 is 0. The molecule has 0 aliphatic carbocycles. The number of benzene rings is 1. The van der Waals surface area contributed by atoms with Crippen LogP contribution in [0.1, 0.15) is 17.5 Å². The second-order valence-electron chi connectivity index (χ2n) is 3.80. The Balaban J connectivity index is 0.000000509. The smallest absolute Gasteiger partial charge is 0.0140 e. The summed E-state index contributed by atoms with van der Waals surface area (Å²) in [6, 6.07) is 8.79. The Hall–Kier alpha value is -1.60. The lowest BCUT2D eigenvalue weighted by atomic mass is 9.99. The van der Waals surface area contributed by atoms with Crippen molar-refractivity contribution in [2.75, 3.05) is 20.1 Å². The first-order valence-corrected chi connectivity index (χ1v) is 6.11. The molecule has 3 N–H and O–H groups in total. The molecule has 0 atom stereocenters. The lowest BCUT2D eigenvalue weighted by molar-refractivity contribution is 0.738. The third kappa shape index (κ3) is 6.21. The van der Waals surface area contributed by atoms with Crippen LogP contribution < -0.4 is 11.1 Å². The zero-order valence-corrected chi connectivity index (χ0v) is 11.5. The van der Waals surface area contributed by atoms with Gasteiger partial charge in [0.1, 0.15) is 0 Å². The summed E-state index contributed by atoms with van der Waals surface area (Å²) in [5.74, 6) is 0. The van der Waals surface area contributed by atoms with Gasteiger partial charge in [0.2, 0.25) is 0 Å². The Kier molecular flexibility index (Phi) is 9.61. The number of nitrogens with two attached hydrogens (primary N) is 1. The fourth-order valence-corrected chi connectivity index (χ4v) is 1.65. The summed E-state index contributed by atoms with van der Waals surface area (Å²) in [7, 11) is 1.50. The van der Waals surface area contributed by atoms with Crippen LogP contribution in [0.15, 0.2) is 49.2 Å². The van der Waals surface area contributed by atoms with Crippen molar-refractivity contribution in [3.05, 3.63) is 60.4 Å². The van der Waals surface area contributed by atoms with Crippen LogP contribution in [-0.2, 0) is 0 Å². The molecule has 1 heterocycles. The molecular formula is C16H24N2. The van der Waals surface area contributed by atoms with Crippen LogP contribution in [-0.4, -0.2) is 20.1 Å². The summed E-state index contributed by atoms with van der Waals surface area (Å²) >= 11 is 0. The first-order chi connectivity index (χ1) is 8.77. The predicted octanol–water partition coefficient (Wildman–Crippen LogP) is 2.90. The van der Waals surface area contributed by atoms with Crippen LogP contribution >= 0.6 is 0 Å². The Morgan fingerprint density at radius 2 is 1.72 bits per heavy atom. The predicted molar refractivity (Wildman–Crippen MR) is 81.5 cm³/mol. The normalized spacial score (nSPS) is 12.9. The van der Waals surface area contributed by atoms with E-state index in [-0.39, 0.29) is 0 Å². The van der Waals surface area contributed by atoms with Crippen molar-refractivity contribution in [3.63, 3.8) is 0 Å². The molecular weight excluding hydrogens is 220 g/mol. The minimum Gasteiger partial charge on any atom is -0.333 e. The molecule has 0 bridgehead atoms. The summed E-state index contributed by atoms with van der Waals surface area (Å²) in [5, 5.41) is 3.32. The van der Waals surface area contributed by atoms with Gasteiger partial charge in [-0.25, -0.2) is 0 Å². The van der Waals surface area contributed by atoms with E-state index < -0.39 is 0 Å². The van der Waals surface area contributed by atoms with Crippen LogP contribution in [0.4, 0.5) is 0 Å². The zero-order valence-electron chi connectivity index (χ0n) is 11.5. The van der Waals surface area contributed by atoms with E-state index in [0.717, 1.165) is 19.5 Å². The van der Waals surface area contributed by atoms with E-state index in [1.54, 1.807) is 0 Å². The highest BCUT2D eigenvalue weighted by Crippen LogP contribution is 2.19. The van der Waals surface area contributed by atoms with Gasteiger partial charge in [-0.2, -0.15) is 0 Å². The van der Waals surface area contributed by atoms with Gasteiger partial charge < -0.3 is 11.1 Å². The van der Waals surface area contributed by atoms with Gasteiger partial charge in [-0.05, 0) is 38.1 Å². The number of hydrogen-bond acceptors (Lipinski definition) is 2. The molecule has 2 nitrogen and oxygen atoms in total. The second-order valence-corrected chi connectivity index (χ2v) is 3.80. The molecule has 0 saturated carbocycles. The molecule has 0 radical (unpaired) electrons. The monoisotopic (exact) mass is 244 g/mol. The van der Waals surface area contributed by atoms with E-state index in [1.165, 1.54) is 23.7 Å². The average Bonchev–Trinajstić information content (AvgIpc) is 2.44. The van der Waals surface area contributed by atoms with Crippen molar-refractivity contribution < 1.29 is 0 Å². The molecule has 0 spiro atoms. The molecule has 0 amide bonds. The van der Waals surface area contributed by atoms with Gasteiger partial charge in [0.15, 0.2) is 0 Å². The number of rotatable bonds is 1. The van der Waals surface area contributed by atoms with Gasteiger partial charge in [0.05, 0.1) is 0 Å². The Morgan fingerprint density at radius 3 is 2.17 bits per heavy atom. The molecule has 1 aromatic rings. The lowest BCUT2D eigenvalue weighted by Gasteiger charge is -2.14. The Bertz CT molecular complexity index is 382. The van der Waals surface area contributed by atoms with Crippen molar-refractivity contribution in [1.82, 2.24) is 5.32 Å². The van der Waals surface area contributed by atoms with Gasteiger partial charge in [0, 0.05) is 6.54 Å². The SMILES string of the molecule is C=C=C.CN.Cc1ccc(C2=CCNCC2)cc1. The summed E-state index contributed by atoms with van der Waals surface area (Å²) in [4.78, 5) is 0. The first-order valence-electron chi connectivity index (χ1n) is 6.11. The lowest BCUT2D eigenvalue weighted by Crippen LogP contribution is -2.19. The fraction of sp³-hybridized carbons (Fsp3) is 0.312. The largest absolute Gasteiger partial charge is 0.333 e. The molecule has 98 valence electrons. The summed E-state index contributed by atoms with van der Waals surface area (Å²) in [6.07, 6.45) is 3.44. The Labute approximate surface area is 111 Å². The number of nitrogens with one attached hydrogen (secondary N) is 1. The molecule has 0 fully saturated rings. The van der Waals surface area contributed by atoms with Crippen LogP contribution in [0.5, 0.6) is 0 Å². The maximum atomic E-state index is 4.50. The molecule has 2 heteroatoms. The van der Waals surface area contributed by atoms with Crippen molar-refractivity contribution in [2.45, 2.75) is 13.3 Å². The van der Waals surface area contributed by atoms with Crippen molar-refractivity contribution >= 4 is 5.57 Å². The molecule has 0 saturated heterocycles. The van der Waals surface area contributed by atoms with Crippen molar-refractivity contribution in [3.8, 4) is 0 Å². The van der Waals surface area contributed by atoms with Crippen LogP contribution in [0.2, 0.25) is 0 Å². The molecule has 0 aromatic heterocycles. The number of hydrogen-bond donors (Lipinski definition) is 2. The molecule has 1 aliphatic rings. The summed E-state index contributed by atoms with van der Waals surface area (Å²) in [6.45, 7) is 10.5. The Morgan fingerprint density at radius 1 is 1.17 bits per heavy atom. The highest BCUT2D eigenvalue weighted by Gasteiger charge is 2.04. The quantitative estimate of drug-likeness (QED) is 0.745. The van der Waals surface area contributed by atoms with E-state index in [4.69, 9.17) is 0 Å². The fourth-order valence-electron chi connectivity index (χ4n) is 1.65. The van der Waals surface area contributed by atoms with Crippen LogP contribution in [0, 0.1) is 6.92 Å². The van der Waals surface area contributed by atoms with Gasteiger partial charge in [-0.3, -0.25) is 0 Å². The van der Waals surface area contributed by atoms with E-state index in [0.29, 0.717) is 0 Å². The number of aryl methyl sites for hydroxylation is 1. The molecule has 0 unspecified atom stereocenters. The topological polar surface area (TPSA) is 38.0 Å². The minimum absolute atomic E-state index is 1.02. The highest BCUT2D eigenvalue weighted by atomic mass is 14.8. The van der Waals surface area contributed by atoms with Gasteiger partial charge in [-0.1, -0.05) is 49.1 Å². The van der Waals surface area contributed by atoms with Crippen molar-refractivity contribution in [1.29, 1.82) is 0 Å². The maximum absolute atomic E-state index is 4.50. The van der Waals surface area contributed by atoms with Crippen LogP contribution in [0.3, 0.4) is 0 Å². The van der Waals surface area contributed by atoms with E-state index >= 15 is 0 Å². The highest BCUT2D eigenvalue weighted by molar-refractivity contribution is 5.66. The van der Waals surface area contributed by atoms with Gasteiger partial charge in [0.25, 0.3) is 0 Å². The first kappa shape index (κ1) is 16.4. The van der Waals surface area contributed by atoms with Gasteiger partial charge >= 0.3 is 0 Å². The van der Waals surface area contributed by atoms with Crippen LogP contribution in [0.25, 0.3) is 5.57 Å². The minimum atomic E-state index is 1.02. The standard InChI is InChI=1S/C12H15N.C3H4.CH5N/c1-10-2-4-11(5-3-10)12-6-8-13-9-7-12;1-3-2;1-2/h2-6,13H,7-9H2,1H3;1-2H2;2H2,1H3.